The van der Waals surface area contributed by atoms with Crippen molar-refractivity contribution < 1.29 is 0 Å². The van der Waals surface area contributed by atoms with E-state index in [-0.39, 0.29) is 11.0 Å². The van der Waals surface area contributed by atoms with E-state index in [1.165, 1.54) is 18.4 Å². The van der Waals surface area contributed by atoms with Crippen LogP contribution in [0.4, 0.5) is 0 Å². The molecule has 0 spiro atoms. The molecule has 114 valence electrons. The average molecular weight is 284 g/mol. The molecule has 1 aliphatic carbocycles. The highest BCUT2D eigenvalue weighted by atomic mass is 15.1. The van der Waals surface area contributed by atoms with Gasteiger partial charge in [-0.25, -0.2) is 0 Å². The van der Waals surface area contributed by atoms with Gasteiger partial charge in [-0.2, -0.15) is 5.26 Å². The number of unbranched alkanes of at least 4 members (excludes halogenated alkanes) is 1. The zero-order valence-electron chi connectivity index (χ0n) is 13.7. The highest BCUT2D eigenvalue weighted by Gasteiger charge is 2.44. The molecule has 0 unspecified atom stereocenters. The van der Waals surface area contributed by atoms with E-state index in [1.54, 1.807) is 0 Å². The van der Waals surface area contributed by atoms with Crippen LogP contribution in [0.3, 0.4) is 0 Å². The van der Waals surface area contributed by atoms with Crippen molar-refractivity contribution >= 4 is 0 Å². The molecule has 0 aromatic heterocycles. The van der Waals surface area contributed by atoms with Crippen LogP contribution >= 0.6 is 0 Å². The third-order valence-electron chi connectivity index (χ3n) is 5.45. The number of nitrogens with zero attached hydrogens (tertiary/aromatic N) is 2. The fourth-order valence-electron chi connectivity index (χ4n) is 3.82. The van der Waals surface area contributed by atoms with Crippen LogP contribution in [0.15, 0.2) is 30.3 Å². The summed E-state index contributed by atoms with van der Waals surface area (Å²) in [5.74, 6) is 0. The van der Waals surface area contributed by atoms with Gasteiger partial charge in [0.2, 0.25) is 0 Å². The van der Waals surface area contributed by atoms with Gasteiger partial charge in [-0.05, 0) is 51.8 Å². The number of hydrogen-bond acceptors (Lipinski definition) is 2. The highest BCUT2D eigenvalue weighted by molar-refractivity contribution is 5.26. The van der Waals surface area contributed by atoms with Gasteiger partial charge in [-0.15, -0.1) is 0 Å². The van der Waals surface area contributed by atoms with Gasteiger partial charge in [-0.3, -0.25) is 4.90 Å². The first kappa shape index (κ1) is 16.0. The summed E-state index contributed by atoms with van der Waals surface area (Å²) in [6.07, 6.45) is 7.64. The lowest BCUT2D eigenvalue weighted by molar-refractivity contribution is 0.0529. The molecule has 0 N–H and O–H groups in total. The third kappa shape index (κ3) is 3.14. The second-order valence-electron chi connectivity index (χ2n) is 6.79. The van der Waals surface area contributed by atoms with Crippen LogP contribution in [0, 0.1) is 16.7 Å². The molecule has 0 aliphatic heterocycles. The normalized spacial score (nSPS) is 29.3. The molecule has 1 aromatic rings. The molecule has 1 aliphatic rings. The first-order valence-electron chi connectivity index (χ1n) is 8.23. The van der Waals surface area contributed by atoms with Crippen molar-refractivity contribution in [3.8, 4) is 6.07 Å². The van der Waals surface area contributed by atoms with Gasteiger partial charge in [0.05, 0.1) is 11.5 Å². The van der Waals surface area contributed by atoms with E-state index in [1.807, 2.05) is 0 Å². The predicted molar refractivity (Wildman–Crippen MR) is 87.8 cm³/mol. The second-order valence-corrected chi connectivity index (χ2v) is 6.79. The first-order chi connectivity index (χ1) is 10.1. The second kappa shape index (κ2) is 6.62. The Morgan fingerprint density at radius 2 is 1.71 bits per heavy atom. The molecule has 0 radical (unpaired) electrons. The van der Waals surface area contributed by atoms with Gasteiger partial charge in [-0.1, -0.05) is 50.1 Å². The average Bonchev–Trinajstić information content (AvgIpc) is 2.54. The number of nitriles is 1. The van der Waals surface area contributed by atoms with Crippen molar-refractivity contribution in [1.82, 2.24) is 4.90 Å². The first-order valence-corrected chi connectivity index (χ1v) is 8.23. The minimum absolute atomic E-state index is 0.0791. The lowest BCUT2D eigenvalue weighted by Gasteiger charge is -2.48. The van der Waals surface area contributed by atoms with Crippen LogP contribution in [0.1, 0.15) is 57.4 Å². The summed E-state index contributed by atoms with van der Waals surface area (Å²) < 4.78 is 0. The minimum atomic E-state index is -0.0791. The summed E-state index contributed by atoms with van der Waals surface area (Å²) >= 11 is 0. The Morgan fingerprint density at radius 1 is 1.10 bits per heavy atom. The molecular formula is C19H28N2. The molecule has 0 atom stereocenters. The molecule has 0 heterocycles. The van der Waals surface area contributed by atoms with Crippen LogP contribution in [0.5, 0.6) is 0 Å². The topological polar surface area (TPSA) is 27.0 Å². The molecule has 1 aromatic carbocycles. The van der Waals surface area contributed by atoms with Crippen molar-refractivity contribution in [3.63, 3.8) is 0 Å². The van der Waals surface area contributed by atoms with Crippen LogP contribution in [-0.4, -0.2) is 19.0 Å². The largest absolute Gasteiger partial charge is 0.300 e. The molecule has 1 fully saturated rings. The smallest absolute Gasteiger partial charge is 0.0689 e. The molecule has 2 rings (SSSR count). The van der Waals surface area contributed by atoms with E-state index in [0.29, 0.717) is 0 Å². The van der Waals surface area contributed by atoms with E-state index in [0.717, 1.165) is 32.1 Å². The van der Waals surface area contributed by atoms with Gasteiger partial charge >= 0.3 is 0 Å². The molecular weight excluding hydrogens is 256 g/mol. The molecule has 21 heavy (non-hydrogen) atoms. The number of benzene rings is 1. The van der Waals surface area contributed by atoms with Crippen LogP contribution in [0.2, 0.25) is 0 Å². The van der Waals surface area contributed by atoms with Crippen molar-refractivity contribution in [2.45, 2.75) is 57.4 Å². The Balaban J connectivity index is 2.21. The molecule has 2 nitrogen and oxygen atoms in total. The van der Waals surface area contributed by atoms with Gasteiger partial charge in [0.15, 0.2) is 0 Å². The molecule has 1 saturated carbocycles. The molecule has 0 amide bonds. The van der Waals surface area contributed by atoms with E-state index in [9.17, 15) is 5.26 Å². The SMILES string of the molecule is CCCCC1(C#N)CCC(c2ccccc2)(N(C)C)CC1. The fourth-order valence-corrected chi connectivity index (χ4v) is 3.82. The van der Waals surface area contributed by atoms with E-state index < -0.39 is 0 Å². The summed E-state index contributed by atoms with van der Waals surface area (Å²) in [7, 11) is 4.36. The summed E-state index contributed by atoms with van der Waals surface area (Å²) in [5.41, 5.74) is 1.43. The minimum Gasteiger partial charge on any atom is -0.300 e. The predicted octanol–water partition coefficient (Wildman–Crippen LogP) is 4.72. The zero-order chi connectivity index (χ0) is 15.3. The lowest BCUT2D eigenvalue weighted by atomic mass is 9.63. The van der Waals surface area contributed by atoms with Crippen LogP contribution in [0.25, 0.3) is 0 Å². The maximum atomic E-state index is 9.68. The number of hydrogen-bond donors (Lipinski definition) is 0. The van der Waals surface area contributed by atoms with E-state index >= 15 is 0 Å². The quantitative estimate of drug-likeness (QED) is 0.782. The van der Waals surface area contributed by atoms with Crippen molar-refractivity contribution in [2.75, 3.05) is 14.1 Å². The molecule has 0 saturated heterocycles. The fraction of sp³-hybridized carbons (Fsp3) is 0.632. The molecule has 0 bridgehead atoms. The summed E-state index contributed by atoms with van der Waals surface area (Å²) in [6, 6.07) is 13.5. The summed E-state index contributed by atoms with van der Waals surface area (Å²) in [5, 5.41) is 9.68. The summed E-state index contributed by atoms with van der Waals surface area (Å²) in [4.78, 5) is 2.36. The lowest BCUT2D eigenvalue weighted by Crippen LogP contribution is -2.46. The van der Waals surface area contributed by atoms with Crippen molar-refractivity contribution in [1.29, 1.82) is 5.26 Å². The summed E-state index contributed by atoms with van der Waals surface area (Å²) in [6.45, 7) is 2.21. The molecule has 2 heteroatoms. The third-order valence-corrected chi connectivity index (χ3v) is 5.45. The van der Waals surface area contributed by atoms with Gasteiger partial charge < -0.3 is 0 Å². The van der Waals surface area contributed by atoms with E-state index in [2.05, 4.69) is 62.3 Å². The van der Waals surface area contributed by atoms with Gasteiger partial charge in [0.25, 0.3) is 0 Å². The Bertz CT molecular complexity index is 476. The van der Waals surface area contributed by atoms with Crippen molar-refractivity contribution in [3.05, 3.63) is 35.9 Å². The van der Waals surface area contributed by atoms with Crippen LogP contribution in [-0.2, 0) is 5.54 Å². The van der Waals surface area contributed by atoms with E-state index in [4.69, 9.17) is 0 Å². The Hall–Kier alpha value is -1.33. The Kier molecular flexibility index (Phi) is 5.06. The zero-order valence-corrected chi connectivity index (χ0v) is 13.7. The van der Waals surface area contributed by atoms with Crippen molar-refractivity contribution in [2.24, 2.45) is 5.41 Å². The number of rotatable bonds is 5. The van der Waals surface area contributed by atoms with Gasteiger partial charge in [0.1, 0.15) is 0 Å². The van der Waals surface area contributed by atoms with Gasteiger partial charge in [0, 0.05) is 5.54 Å². The van der Waals surface area contributed by atoms with Crippen LogP contribution < -0.4 is 0 Å². The Labute approximate surface area is 129 Å². The maximum Gasteiger partial charge on any atom is 0.0689 e. The Morgan fingerprint density at radius 3 is 2.19 bits per heavy atom. The monoisotopic (exact) mass is 284 g/mol. The standard InChI is InChI=1S/C19H28N2/c1-4-5-11-18(16-20)12-14-19(15-13-18,21(2)3)17-9-7-6-8-10-17/h6-10H,4-5,11-15H2,1-3H3. The highest BCUT2D eigenvalue weighted by Crippen LogP contribution is 2.49. The maximum absolute atomic E-state index is 9.68.